The summed E-state index contributed by atoms with van der Waals surface area (Å²) in [6.07, 6.45) is 5.54. The fourth-order valence-electron chi connectivity index (χ4n) is 3.11. The highest BCUT2D eigenvalue weighted by atomic mass is 16.3. The van der Waals surface area contributed by atoms with Crippen LogP contribution in [0.1, 0.15) is 68.7 Å². The zero-order valence-corrected chi connectivity index (χ0v) is 11.7. The molecule has 2 nitrogen and oxygen atoms in total. The van der Waals surface area contributed by atoms with E-state index in [0.29, 0.717) is 5.75 Å². The van der Waals surface area contributed by atoms with Gasteiger partial charge in [-0.15, -0.1) is 0 Å². The van der Waals surface area contributed by atoms with Crippen molar-refractivity contribution in [2.45, 2.75) is 64.4 Å². The van der Waals surface area contributed by atoms with Crippen LogP contribution in [-0.2, 0) is 5.41 Å². The first kappa shape index (κ1) is 13.4. The van der Waals surface area contributed by atoms with Crippen molar-refractivity contribution in [1.29, 1.82) is 0 Å². The molecule has 0 amide bonds. The topological polar surface area (TPSA) is 40.5 Å². The van der Waals surface area contributed by atoms with Gasteiger partial charge in [-0.3, -0.25) is 0 Å². The molecule has 0 bridgehead atoms. The Bertz CT molecular complexity index is 429. The molecule has 1 saturated carbocycles. The van der Waals surface area contributed by atoms with Gasteiger partial charge in [-0.25, -0.2) is 0 Å². The molecule has 0 heterocycles. The molecule has 1 aromatic carbocycles. The fraction of sp³-hybridized carbons (Fsp3) is 0.625. The van der Waals surface area contributed by atoms with E-state index in [4.69, 9.17) is 0 Å². The third kappa shape index (κ3) is 2.39. The highest BCUT2D eigenvalue weighted by molar-refractivity contribution is 5.47. The van der Waals surface area contributed by atoms with E-state index in [2.05, 4.69) is 6.92 Å². The average molecular weight is 248 g/mol. The molecule has 1 aliphatic carbocycles. The van der Waals surface area contributed by atoms with Crippen molar-refractivity contribution in [1.82, 2.24) is 0 Å². The van der Waals surface area contributed by atoms with Crippen molar-refractivity contribution < 1.29 is 10.2 Å². The van der Waals surface area contributed by atoms with Gasteiger partial charge < -0.3 is 10.2 Å². The summed E-state index contributed by atoms with van der Waals surface area (Å²) >= 11 is 0. The molecule has 2 N–H and O–H groups in total. The molecule has 1 atom stereocenters. The van der Waals surface area contributed by atoms with Gasteiger partial charge in [0.25, 0.3) is 0 Å². The molecule has 18 heavy (non-hydrogen) atoms. The van der Waals surface area contributed by atoms with Gasteiger partial charge in [-0.2, -0.15) is 0 Å². The van der Waals surface area contributed by atoms with Crippen molar-refractivity contribution in [3.8, 4) is 5.75 Å². The zero-order valence-electron chi connectivity index (χ0n) is 11.7. The number of aryl methyl sites for hydroxylation is 1. The molecular formula is C16H24O2. The Morgan fingerprint density at radius 2 is 1.78 bits per heavy atom. The number of benzene rings is 1. The first-order valence-electron chi connectivity index (χ1n) is 6.96. The summed E-state index contributed by atoms with van der Waals surface area (Å²) in [6.45, 7) is 5.93. The predicted molar refractivity (Wildman–Crippen MR) is 73.9 cm³/mol. The molecule has 0 aromatic heterocycles. The molecule has 2 rings (SSSR count). The summed E-state index contributed by atoms with van der Waals surface area (Å²) in [7, 11) is 0. The van der Waals surface area contributed by atoms with E-state index in [9.17, 15) is 10.2 Å². The molecule has 0 radical (unpaired) electrons. The van der Waals surface area contributed by atoms with Crippen LogP contribution in [0.5, 0.6) is 5.75 Å². The van der Waals surface area contributed by atoms with E-state index < -0.39 is 6.10 Å². The van der Waals surface area contributed by atoms with Crippen LogP contribution in [0, 0.1) is 6.92 Å². The van der Waals surface area contributed by atoms with E-state index in [1.54, 1.807) is 6.92 Å². The normalized spacial score (nSPS) is 20.7. The second-order valence-corrected chi connectivity index (χ2v) is 6.03. The van der Waals surface area contributed by atoms with Gasteiger partial charge in [0, 0.05) is 5.56 Å². The third-order valence-corrected chi connectivity index (χ3v) is 4.41. The lowest BCUT2D eigenvalue weighted by Crippen LogP contribution is -2.25. The van der Waals surface area contributed by atoms with Crippen LogP contribution < -0.4 is 0 Å². The maximum atomic E-state index is 10.3. The van der Waals surface area contributed by atoms with Crippen molar-refractivity contribution in [3.63, 3.8) is 0 Å². The van der Waals surface area contributed by atoms with E-state index in [0.717, 1.165) is 29.5 Å². The predicted octanol–water partition coefficient (Wildman–Crippen LogP) is 3.98. The minimum atomic E-state index is -0.477. The number of phenols is 1. The van der Waals surface area contributed by atoms with Crippen LogP contribution in [0.3, 0.4) is 0 Å². The summed E-state index contributed by atoms with van der Waals surface area (Å²) in [4.78, 5) is 0. The molecule has 0 spiro atoms. The third-order valence-electron chi connectivity index (χ3n) is 4.41. The van der Waals surface area contributed by atoms with Crippen LogP contribution >= 0.6 is 0 Å². The molecule has 1 aliphatic rings. The number of aromatic hydroxyl groups is 1. The molecule has 0 aliphatic heterocycles. The van der Waals surface area contributed by atoms with Gasteiger partial charge in [0.1, 0.15) is 5.75 Å². The van der Waals surface area contributed by atoms with Crippen molar-refractivity contribution in [3.05, 3.63) is 28.8 Å². The lowest BCUT2D eigenvalue weighted by atomic mass is 9.70. The zero-order chi connectivity index (χ0) is 13.3. The Hall–Kier alpha value is -1.02. The average Bonchev–Trinajstić information content (AvgIpc) is 2.33. The van der Waals surface area contributed by atoms with Gasteiger partial charge in [-0.1, -0.05) is 26.2 Å². The molecule has 2 heteroatoms. The first-order valence-corrected chi connectivity index (χ1v) is 6.96. The van der Waals surface area contributed by atoms with Crippen LogP contribution in [0.25, 0.3) is 0 Å². The fourth-order valence-corrected chi connectivity index (χ4v) is 3.11. The highest BCUT2D eigenvalue weighted by Crippen LogP contribution is 2.44. The van der Waals surface area contributed by atoms with Crippen molar-refractivity contribution in [2.24, 2.45) is 0 Å². The van der Waals surface area contributed by atoms with Crippen LogP contribution in [0.4, 0.5) is 0 Å². The quantitative estimate of drug-likeness (QED) is 0.831. The minimum absolute atomic E-state index is 0.0675. The maximum Gasteiger partial charge on any atom is 0.122 e. The second-order valence-electron chi connectivity index (χ2n) is 6.03. The van der Waals surface area contributed by atoms with Crippen molar-refractivity contribution >= 4 is 0 Å². The standard InChI is InChI=1S/C16H24O2/c1-11-9-13(12(2)17)10-14(15(11)18)16(3)7-5-4-6-8-16/h9-10,12,17-18H,4-8H2,1-3H3. The lowest BCUT2D eigenvalue weighted by Gasteiger charge is -2.35. The number of hydrogen-bond acceptors (Lipinski definition) is 2. The van der Waals surface area contributed by atoms with E-state index in [1.807, 2.05) is 19.1 Å². The molecule has 0 saturated heterocycles. The van der Waals surface area contributed by atoms with Gasteiger partial charge >= 0.3 is 0 Å². The van der Waals surface area contributed by atoms with Crippen LogP contribution in [0.15, 0.2) is 12.1 Å². The second kappa shape index (κ2) is 4.93. The maximum absolute atomic E-state index is 10.3. The van der Waals surface area contributed by atoms with E-state index >= 15 is 0 Å². The SMILES string of the molecule is Cc1cc(C(C)O)cc(C2(C)CCCCC2)c1O. The Labute approximate surface area is 110 Å². The number of phenolic OH excluding ortho intramolecular Hbond substituents is 1. The van der Waals surface area contributed by atoms with E-state index in [1.165, 1.54) is 19.3 Å². The molecule has 1 fully saturated rings. The first-order chi connectivity index (χ1) is 8.44. The summed E-state index contributed by atoms with van der Waals surface area (Å²) < 4.78 is 0. The monoisotopic (exact) mass is 248 g/mol. The molecule has 100 valence electrons. The molecular weight excluding hydrogens is 224 g/mol. The lowest BCUT2D eigenvalue weighted by molar-refractivity contribution is 0.198. The molecule has 1 aromatic rings. The molecule has 1 unspecified atom stereocenters. The Kier molecular flexibility index (Phi) is 3.67. The summed E-state index contributed by atoms with van der Waals surface area (Å²) in [5, 5.41) is 20.1. The Morgan fingerprint density at radius 3 is 2.33 bits per heavy atom. The van der Waals surface area contributed by atoms with E-state index in [-0.39, 0.29) is 5.41 Å². The van der Waals surface area contributed by atoms with Gasteiger partial charge in [0.05, 0.1) is 6.10 Å². The van der Waals surface area contributed by atoms with Gasteiger partial charge in [-0.05, 0) is 55.4 Å². The number of rotatable bonds is 2. The van der Waals surface area contributed by atoms with Gasteiger partial charge in [0.2, 0.25) is 0 Å². The van der Waals surface area contributed by atoms with Crippen LogP contribution in [0.2, 0.25) is 0 Å². The largest absolute Gasteiger partial charge is 0.507 e. The summed E-state index contributed by atoms with van der Waals surface area (Å²) in [5.74, 6) is 0.420. The highest BCUT2D eigenvalue weighted by Gasteiger charge is 2.32. The number of aliphatic hydroxyl groups excluding tert-OH is 1. The van der Waals surface area contributed by atoms with Crippen molar-refractivity contribution in [2.75, 3.05) is 0 Å². The smallest absolute Gasteiger partial charge is 0.122 e. The minimum Gasteiger partial charge on any atom is -0.507 e. The Balaban J connectivity index is 2.48. The number of hydrogen-bond donors (Lipinski definition) is 2. The summed E-state index contributed by atoms with van der Waals surface area (Å²) in [5.41, 5.74) is 2.87. The number of aliphatic hydroxyl groups is 1. The Morgan fingerprint density at radius 1 is 1.17 bits per heavy atom. The van der Waals surface area contributed by atoms with Gasteiger partial charge in [0.15, 0.2) is 0 Å². The summed E-state index contributed by atoms with van der Waals surface area (Å²) in [6, 6.07) is 3.88. The van der Waals surface area contributed by atoms with Crippen LogP contribution in [-0.4, -0.2) is 10.2 Å².